The molecule has 0 saturated heterocycles. The molecule has 0 unspecified atom stereocenters. The molecule has 4 heteroatoms. The number of allylic oxidation sites excluding steroid dienone is 2. The molecular weight excluding hydrogens is 314 g/mol. The average Bonchev–Trinajstić information content (AvgIpc) is 2.97. The maximum atomic E-state index is 10.9. The summed E-state index contributed by atoms with van der Waals surface area (Å²) in [5.41, 5.74) is 4.43. The average molecular weight is 339 g/mol. The summed E-state index contributed by atoms with van der Waals surface area (Å²) in [7, 11) is 0. The zero-order chi connectivity index (χ0) is 17.8. The van der Waals surface area contributed by atoms with Crippen LogP contribution in [0.25, 0.3) is 5.57 Å². The zero-order valence-electron chi connectivity index (χ0n) is 15.2. The number of oxazole rings is 1. The number of aromatic nitrogens is 1. The molecule has 0 N–H and O–H groups in total. The number of rotatable bonds is 7. The van der Waals surface area contributed by atoms with Crippen LogP contribution < -0.4 is 4.74 Å². The van der Waals surface area contributed by atoms with Gasteiger partial charge in [0.05, 0.1) is 12.3 Å². The van der Waals surface area contributed by atoms with Gasteiger partial charge in [-0.2, -0.15) is 0 Å². The molecule has 1 aliphatic rings. The molecule has 4 nitrogen and oxygen atoms in total. The number of hydrogen-bond acceptors (Lipinski definition) is 4. The van der Waals surface area contributed by atoms with Gasteiger partial charge in [-0.1, -0.05) is 32.1 Å². The third-order valence-corrected chi connectivity index (χ3v) is 4.57. The monoisotopic (exact) mass is 339 g/mol. The number of carbonyl (C=O) groups excluding carboxylic acids is 1. The first-order valence-electron chi connectivity index (χ1n) is 8.94. The summed E-state index contributed by atoms with van der Waals surface area (Å²) < 4.78 is 11.8. The standard InChI is InChI=1S/C21H25NO3/c1-14(2)21-22-19(15(3)25-21)11-13-24-20-9-5-7-17-16(10-12-23)6-4-8-18(17)20/h5-7,9,12,14H,4,8,10-11,13H2,1-3H3. The molecule has 132 valence electrons. The summed E-state index contributed by atoms with van der Waals surface area (Å²) in [5, 5.41) is 0. The van der Waals surface area contributed by atoms with Crippen molar-refractivity contribution < 1.29 is 13.9 Å². The van der Waals surface area contributed by atoms with E-state index >= 15 is 0 Å². The predicted molar refractivity (Wildman–Crippen MR) is 97.9 cm³/mol. The lowest BCUT2D eigenvalue weighted by molar-refractivity contribution is -0.107. The van der Waals surface area contributed by atoms with Gasteiger partial charge in [-0.15, -0.1) is 0 Å². The number of aldehydes is 1. The van der Waals surface area contributed by atoms with Crippen molar-refractivity contribution in [1.29, 1.82) is 0 Å². The molecule has 1 aromatic heterocycles. The Bertz CT molecular complexity index is 786. The molecule has 0 fully saturated rings. The van der Waals surface area contributed by atoms with Crippen LogP contribution in [0.15, 0.2) is 28.7 Å². The molecule has 1 aliphatic carbocycles. The smallest absolute Gasteiger partial charge is 0.197 e. The number of nitrogens with zero attached hydrogens (tertiary/aromatic N) is 1. The van der Waals surface area contributed by atoms with Crippen LogP contribution >= 0.6 is 0 Å². The Labute approximate surface area is 148 Å². The highest BCUT2D eigenvalue weighted by Crippen LogP contribution is 2.34. The molecule has 0 radical (unpaired) electrons. The molecule has 0 aliphatic heterocycles. The van der Waals surface area contributed by atoms with E-state index in [0.29, 0.717) is 13.0 Å². The van der Waals surface area contributed by atoms with Gasteiger partial charge in [0.1, 0.15) is 17.8 Å². The van der Waals surface area contributed by atoms with Crippen LogP contribution in [-0.2, 0) is 17.6 Å². The van der Waals surface area contributed by atoms with E-state index in [0.717, 1.165) is 59.8 Å². The van der Waals surface area contributed by atoms with Crippen LogP contribution in [0.3, 0.4) is 0 Å². The summed E-state index contributed by atoms with van der Waals surface area (Å²) >= 11 is 0. The first kappa shape index (κ1) is 17.5. The maximum absolute atomic E-state index is 10.9. The van der Waals surface area contributed by atoms with Crippen LogP contribution in [0.4, 0.5) is 0 Å². The van der Waals surface area contributed by atoms with E-state index in [1.807, 2.05) is 19.1 Å². The molecule has 1 heterocycles. The molecule has 0 bridgehead atoms. The van der Waals surface area contributed by atoms with Crippen LogP contribution in [0.5, 0.6) is 5.75 Å². The number of hydrogen-bond donors (Lipinski definition) is 0. The van der Waals surface area contributed by atoms with Gasteiger partial charge in [-0.3, -0.25) is 0 Å². The number of carbonyl (C=O) groups is 1. The van der Waals surface area contributed by atoms with Gasteiger partial charge in [0.15, 0.2) is 5.89 Å². The molecule has 0 saturated carbocycles. The van der Waals surface area contributed by atoms with Gasteiger partial charge in [0, 0.05) is 24.3 Å². The Kier molecular flexibility index (Phi) is 5.37. The highest BCUT2D eigenvalue weighted by molar-refractivity contribution is 5.80. The normalized spacial score (nSPS) is 13.5. The Morgan fingerprint density at radius 3 is 2.92 bits per heavy atom. The van der Waals surface area contributed by atoms with E-state index in [2.05, 4.69) is 31.0 Å². The lowest BCUT2D eigenvalue weighted by Crippen LogP contribution is -2.08. The van der Waals surface area contributed by atoms with E-state index in [-0.39, 0.29) is 5.92 Å². The minimum Gasteiger partial charge on any atom is -0.493 e. The summed E-state index contributed by atoms with van der Waals surface area (Å²) in [6.07, 6.45) is 6.22. The van der Waals surface area contributed by atoms with Crippen molar-refractivity contribution in [1.82, 2.24) is 4.98 Å². The topological polar surface area (TPSA) is 52.3 Å². The third kappa shape index (κ3) is 3.84. The van der Waals surface area contributed by atoms with Crippen LogP contribution in [0.2, 0.25) is 0 Å². The van der Waals surface area contributed by atoms with Crippen molar-refractivity contribution in [2.45, 2.75) is 52.4 Å². The predicted octanol–water partition coefficient (Wildman–Crippen LogP) is 4.65. The van der Waals surface area contributed by atoms with Crippen molar-refractivity contribution in [3.63, 3.8) is 0 Å². The maximum Gasteiger partial charge on any atom is 0.197 e. The number of ether oxygens (including phenoxy) is 1. The fourth-order valence-corrected chi connectivity index (χ4v) is 3.23. The minimum atomic E-state index is 0.289. The van der Waals surface area contributed by atoms with Crippen molar-refractivity contribution >= 4 is 11.9 Å². The largest absolute Gasteiger partial charge is 0.493 e. The molecule has 0 spiro atoms. The fraction of sp³-hybridized carbons (Fsp3) is 0.429. The van der Waals surface area contributed by atoms with Crippen molar-refractivity contribution in [3.05, 3.63) is 52.7 Å². The van der Waals surface area contributed by atoms with E-state index in [1.54, 1.807) is 0 Å². The molecule has 1 aromatic carbocycles. The Balaban J connectivity index is 1.69. The van der Waals surface area contributed by atoms with Gasteiger partial charge in [0.25, 0.3) is 0 Å². The summed E-state index contributed by atoms with van der Waals surface area (Å²) in [5.74, 6) is 2.86. The van der Waals surface area contributed by atoms with Gasteiger partial charge < -0.3 is 13.9 Å². The quantitative estimate of drug-likeness (QED) is 0.689. The van der Waals surface area contributed by atoms with Gasteiger partial charge in [0.2, 0.25) is 0 Å². The van der Waals surface area contributed by atoms with E-state index < -0.39 is 0 Å². The van der Waals surface area contributed by atoms with Crippen molar-refractivity contribution in [2.24, 2.45) is 0 Å². The van der Waals surface area contributed by atoms with Crippen LogP contribution in [0.1, 0.15) is 61.1 Å². The van der Waals surface area contributed by atoms with Crippen molar-refractivity contribution in [2.75, 3.05) is 6.61 Å². The highest BCUT2D eigenvalue weighted by atomic mass is 16.5. The molecule has 0 atom stereocenters. The van der Waals surface area contributed by atoms with Crippen LogP contribution in [0, 0.1) is 6.92 Å². The summed E-state index contributed by atoms with van der Waals surface area (Å²) in [6, 6.07) is 6.08. The Morgan fingerprint density at radius 2 is 2.20 bits per heavy atom. The Hall–Kier alpha value is -2.36. The highest BCUT2D eigenvalue weighted by Gasteiger charge is 2.17. The zero-order valence-corrected chi connectivity index (χ0v) is 15.2. The second kappa shape index (κ2) is 7.68. The lowest BCUT2D eigenvalue weighted by Gasteiger charge is -2.20. The molecular formula is C21H25NO3. The molecule has 2 aromatic rings. The SMILES string of the molecule is Cc1oc(C(C)C)nc1CCOc1cccc2c1CCC=C2CC=O. The molecule has 3 rings (SSSR count). The van der Waals surface area contributed by atoms with Crippen LogP contribution in [-0.4, -0.2) is 17.9 Å². The number of benzene rings is 1. The van der Waals surface area contributed by atoms with Gasteiger partial charge in [-0.25, -0.2) is 4.98 Å². The number of fused-ring (bicyclic) bond motifs is 1. The Morgan fingerprint density at radius 1 is 1.36 bits per heavy atom. The first-order chi connectivity index (χ1) is 12.1. The first-order valence-corrected chi connectivity index (χ1v) is 8.94. The summed E-state index contributed by atoms with van der Waals surface area (Å²) in [4.78, 5) is 15.5. The number of aryl methyl sites for hydroxylation is 1. The second-order valence-corrected chi connectivity index (χ2v) is 6.73. The van der Waals surface area contributed by atoms with E-state index in [9.17, 15) is 4.79 Å². The molecule has 0 amide bonds. The third-order valence-electron chi connectivity index (χ3n) is 4.57. The van der Waals surface area contributed by atoms with E-state index in [4.69, 9.17) is 9.15 Å². The molecule has 25 heavy (non-hydrogen) atoms. The second-order valence-electron chi connectivity index (χ2n) is 6.73. The van der Waals surface area contributed by atoms with Gasteiger partial charge in [-0.05, 0) is 37.0 Å². The summed E-state index contributed by atoms with van der Waals surface area (Å²) in [6.45, 7) is 6.67. The van der Waals surface area contributed by atoms with E-state index in [1.165, 1.54) is 5.56 Å². The van der Waals surface area contributed by atoms with Crippen molar-refractivity contribution in [3.8, 4) is 5.75 Å². The lowest BCUT2D eigenvalue weighted by atomic mass is 9.89. The minimum absolute atomic E-state index is 0.289. The fourth-order valence-electron chi connectivity index (χ4n) is 3.23. The van der Waals surface area contributed by atoms with Gasteiger partial charge >= 0.3 is 0 Å².